The minimum atomic E-state index is -0.242. The van der Waals surface area contributed by atoms with Gasteiger partial charge >= 0.3 is 0 Å². The summed E-state index contributed by atoms with van der Waals surface area (Å²) in [4.78, 5) is 27.7. The van der Waals surface area contributed by atoms with E-state index in [1.54, 1.807) is 24.3 Å². The van der Waals surface area contributed by atoms with E-state index in [2.05, 4.69) is 115 Å². The molecule has 2 saturated carbocycles. The summed E-state index contributed by atoms with van der Waals surface area (Å²) in [5.41, 5.74) is 30.7. The van der Waals surface area contributed by atoms with Crippen LogP contribution < -0.4 is 22.1 Å². The Bertz CT molecular complexity index is 2150. The molecule has 58 heavy (non-hydrogen) atoms. The average Bonchev–Trinajstić information content (AvgIpc) is 3.21. The van der Waals surface area contributed by atoms with Crippen LogP contribution in [0.15, 0.2) is 72.8 Å². The predicted octanol–water partition coefficient (Wildman–Crippen LogP) is 12.3. The van der Waals surface area contributed by atoms with Crippen molar-refractivity contribution in [3.8, 4) is 0 Å². The Kier molecular flexibility index (Phi) is 11.3. The molecule has 6 nitrogen and oxygen atoms in total. The number of benzene rings is 5. The van der Waals surface area contributed by atoms with Crippen LogP contribution in [0.1, 0.15) is 152 Å². The van der Waals surface area contributed by atoms with Crippen LogP contribution in [-0.4, -0.2) is 11.8 Å². The Hall–Kier alpha value is -5.36. The van der Waals surface area contributed by atoms with Crippen molar-refractivity contribution in [2.45, 2.75) is 130 Å². The van der Waals surface area contributed by atoms with Gasteiger partial charge in [-0.2, -0.15) is 0 Å². The zero-order valence-electron chi connectivity index (χ0n) is 36.0. The highest BCUT2D eigenvalue weighted by atomic mass is 16.2. The van der Waals surface area contributed by atoms with Crippen LogP contribution in [0.25, 0.3) is 0 Å². The molecule has 0 unspecified atom stereocenters. The molecular formula is C52H62N4O2. The van der Waals surface area contributed by atoms with E-state index in [0.29, 0.717) is 11.1 Å². The lowest BCUT2D eigenvalue weighted by atomic mass is 9.64. The number of rotatable bonds is 8. The molecule has 0 spiro atoms. The third-order valence-electron chi connectivity index (χ3n) is 13.7. The summed E-state index contributed by atoms with van der Waals surface area (Å²) >= 11 is 0. The summed E-state index contributed by atoms with van der Waals surface area (Å²) in [6.07, 6.45) is 11.5. The molecule has 0 saturated heterocycles. The monoisotopic (exact) mass is 774 g/mol. The van der Waals surface area contributed by atoms with Crippen LogP contribution in [0, 0.1) is 55.4 Å². The topological polar surface area (TPSA) is 110 Å². The lowest BCUT2D eigenvalue weighted by molar-refractivity contribution is 0.102. The van der Waals surface area contributed by atoms with Gasteiger partial charge in [0.2, 0.25) is 0 Å². The molecule has 0 bridgehead atoms. The molecule has 6 heteroatoms. The van der Waals surface area contributed by atoms with Crippen LogP contribution >= 0.6 is 0 Å². The zero-order chi connectivity index (χ0) is 41.5. The summed E-state index contributed by atoms with van der Waals surface area (Å²) in [5, 5.41) is 6.41. The molecule has 0 radical (unpaired) electrons. The van der Waals surface area contributed by atoms with Crippen molar-refractivity contribution in [1.29, 1.82) is 0 Å². The molecule has 0 heterocycles. The van der Waals surface area contributed by atoms with Crippen molar-refractivity contribution in [1.82, 2.24) is 0 Å². The molecule has 0 aromatic heterocycles. The van der Waals surface area contributed by atoms with Crippen LogP contribution in [-0.2, 0) is 10.8 Å². The lowest BCUT2D eigenvalue weighted by Crippen LogP contribution is -2.31. The molecule has 2 amide bonds. The standard InChI is InChI=1S/C52H62N4O2/c1-31-22-41(23-32(2)45(31)53)51(18-11-9-12-19-51)43-26-35(5)47(36(6)27-43)55-49(57)39-16-15-17-40(30-39)50(58)56-48-37(7)28-44(29-38(48)8)52(20-13-10-14-21-52)42-24-33(3)46(54)34(4)25-42/h15-17,22-30H,9-14,18-21,53-54H2,1-8H3,(H,55,57)(H,56,58). The molecule has 5 aromatic carbocycles. The summed E-state index contributed by atoms with van der Waals surface area (Å²) in [6.45, 7) is 16.7. The van der Waals surface area contributed by atoms with Gasteiger partial charge < -0.3 is 22.1 Å². The van der Waals surface area contributed by atoms with Crippen LogP contribution in [0.5, 0.6) is 0 Å². The van der Waals surface area contributed by atoms with Gasteiger partial charge in [0.15, 0.2) is 0 Å². The number of amides is 2. The van der Waals surface area contributed by atoms with Gasteiger partial charge in [0.1, 0.15) is 0 Å². The average molecular weight is 775 g/mol. The minimum absolute atomic E-state index is 0.0925. The van der Waals surface area contributed by atoms with Crippen molar-refractivity contribution in [2.24, 2.45) is 0 Å². The first-order chi connectivity index (χ1) is 27.6. The van der Waals surface area contributed by atoms with E-state index in [1.165, 1.54) is 60.8 Å². The van der Waals surface area contributed by atoms with Crippen molar-refractivity contribution in [3.63, 3.8) is 0 Å². The van der Waals surface area contributed by atoms with Gasteiger partial charge in [-0.25, -0.2) is 0 Å². The van der Waals surface area contributed by atoms with Crippen LogP contribution in [0.3, 0.4) is 0 Å². The largest absolute Gasteiger partial charge is 0.398 e. The normalized spacial score (nSPS) is 16.1. The maximum absolute atomic E-state index is 13.9. The van der Waals surface area contributed by atoms with E-state index in [-0.39, 0.29) is 22.6 Å². The molecule has 0 aliphatic heterocycles. The molecule has 7 rings (SSSR count). The van der Waals surface area contributed by atoms with Gasteiger partial charge in [0, 0.05) is 44.7 Å². The first-order valence-electron chi connectivity index (χ1n) is 21.3. The number of nitrogens with two attached hydrogens (primary N) is 2. The van der Waals surface area contributed by atoms with Crippen LogP contribution in [0.4, 0.5) is 22.7 Å². The van der Waals surface area contributed by atoms with Crippen molar-refractivity contribution in [3.05, 3.63) is 151 Å². The van der Waals surface area contributed by atoms with Crippen molar-refractivity contribution in [2.75, 3.05) is 22.1 Å². The van der Waals surface area contributed by atoms with E-state index in [4.69, 9.17) is 11.5 Å². The molecule has 5 aromatic rings. The number of carbonyl (C=O) groups excluding carboxylic acids is 2. The second kappa shape index (κ2) is 16.1. The number of carbonyl (C=O) groups is 2. The second-order valence-electron chi connectivity index (χ2n) is 17.8. The fourth-order valence-corrected chi connectivity index (χ4v) is 10.3. The quantitative estimate of drug-likeness (QED) is 0.118. The Morgan fingerprint density at radius 3 is 1.00 bits per heavy atom. The smallest absolute Gasteiger partial charge is 0.255 e. The Morgan fingerprint density at radius 2 is 0.707 bits per heavy atom. The van der Waals surface area contributed by atoms with Crippen molar-refractivity contribution < 1.29 is 9.59 Å². The van der Waals surface area contributed by atoms with E-state index >= 15 is 0 Å². The fraction of sp³-hybridized carbons (Fsp3) is 0.385. The number of hydrogen-bond donors (Lipinski definition) is 4. The lowest BCUT2D eigenvalue weighted by Gasteiger charge is -2.40. The number of nitrogen functional groups attached to an aromatic ring is 2. The van der Waals surface area contributed by atoms with E-state index < -0.39 is 0 Å². The van der Waals surface area contributed by atoms with Gasteiger partial charge in [-0.15, -0.1) is 0 Å². The minimum Gasteiger partial charge on any atom is -0.398 e. The molecule has 2 aliphatic rings. The summed E-state index contributed by atoms with van der Waals surface area (Å²) < 4.78 is 0. The predicted molar refractivity (Wildman–Crippen MR) is 243 cm³/mol. The summed E-state index contributed by atoms with van der Waals surface area (Å²) in [5.74, 6) is -0.484. The molecular weight excluding hydrogens is 713 g/mol. The van der Waals surface area contributed by atoms with Crippen molar-refractivity contribution >= 4 is 34.6 Å². The van der Waals surface area contributed by atoms with Crippen LogP contribution in [0.2, 0.25) is 0 Å². The van der Waals surface area contributed by atoms with E-state index in [1.807, 2.05) is 0 Å². The van der Waals surface area contributed by atoms with Gasteiger partial charge in [-0.3, -0.25) is 9.59 Å². The maximum Gasteiger partial charge on any atom is 0.255 e. The number of hydrogen-bond acceptors (Lipinski definition) is 4. The highest BCUT2D eigenvalue weighted by molar-refractivity contribution is 6.09. The van der Waals surface area contributed by atoms with Gasteiger partial charge in [-0.05, 0) is 166 Å². The van der Waals surface area contributed by atoms with E-state index in [0.717, 1.165) is 92.9 Å². The molecule has 2 aliphatic carbocycles. The van der Waals surface area contributed by atoms with Gasteiger partial charge in [-0.1, -0.05) is 93.1 Å². The molecule has 6 N–H and O–H groups in total. The first kappa shape index (κ1) is 40.8. The maximum atomic E-state index is 13.9. The number of aryl methyl sites for hydroxylation is 8. The fourth-order valence-electron chi connectivity index (χ4n) is 10.3. The van der Waals surface area contributed by atoms with Gasteiger partial charge in [0.25, 0.3) is 11.8 Å². The van der Waals surface area contributed by atoms with E-state index in [9.17, 15) is 9.59 Å². The van der Waals surface area contributed by atoms with Gasteiger partial charge in [0.05, 0.1) is 0 Å². The molecule has 2 fully saturated rings. The Labute approximate surface area is 346 Å². The zero-order valence-corrected chi connectivity index (χ0v) is 36.0. The third-order valence-corrected chi connectivity index (χ3v) is 13.7. The Morgan fingerprint density at radius 1 is 0.431 bits per heavy atom. The second-order valence-corrected chi connectivity index (χ2v) is 17.8. The highest BCUT2D eigenvalue weighted by Gasteiger charge is 2.38. The number of nitrogens with one attached hydrogen (secondary N) is 2. The Balaban J connectivity index is 1.12. The SMILES string of the molecule is Cc1cc(C2(c3cc(C)c(NC(=O)c4cccc(C(=O)Nc5c(C)cc(C6(c7cc(C)c(N)c(C)c7)CCCCC6)cc5C)c4)c(C)c3)CCCCC2)cc(C)c1N. The first-order valence-corrected chi connectivity index (χ1v) is 21.3. The number of anilines is 4. The third kappa shape index (κ3) is 7.54. The highest BCUT2D eigenvalue weighted by Crippen LogP contribution is 2.49. The summed E-state index contributed by atoms with van der Waals surface area (Å²) in [7, 11) is 0. The molecule has 302 valence electrons. The summed E-state index contributed by atoms with van der Waals surface area (Å²) in [6, 6.07) is 25.2. The molecule has 0 atom stereocenters.